The van der Waals surface area contributed by atoms with Gasteiger partial charge in [0.1, 0.15) is 0 Å². The largest absolute Gasteiger partial charge is 0.362 e. The molecule has 2 N–H and O–H groups in total. The monoisotopic (exact) mass is 316 g/mol. The molecule has 0 aromatic heterocycles. The van der Waals surface area contributed by atoms with Gasteiger partial charge < -0.3 is 10.6 Å². The van der Waals surface area contributed by atoms with Gasteiger partial charge in [-0.25, -0.2) is 0 Å². The number of thiocarbonyl (C=S) groups is 1. The summed E-state index contributed by atoms with van der Waals surface area (Å²) in [7, 11) is 0. The second-order valence-electron chi connectivity index (χ2n) is 4.76. The van der Waals surface area contributed by atoms with Gasteiger partial charge in [0.2, 0.25) is 0 Å². The van der Waals surface area contributed by atoms with Crippen molar-refractivity contribution < 1.29 is 0 Å². The van der Waals surface area contributed by atoms with Gasteiger partial charge in [-0.1, -0.05) is 35.9 Å². The second-order valence-corrected chi connectivity index (χ2v) is 6.34. The van der Waals surface area contributed by atoms with Crippen LogP contribution in [0.25, 0.3) is 0 Å². The summed E-state index contributed by atoms with van der Waals surface area (Å²) in [6.45, 7) is 2.96. The van der Waals surface area contributed by atoms with Gasteiger partial charge >= 0.3 is 0 Å². The highest BCUT2D eigenvalue weighted by Gasteiger charge is 1.97. The van der Waals surface area contributed by atoms with Gasteiger partial charge in [0, 0.05) is 17.1 Å². The molecule has 0 spiro atoms. The molecule has 0 heterocycles. The number of thioether (sulfide) groups is 1. The van der Waals surface area contributed by atoms with Crippen LogP contribution in [0.5, 0.6) is 0 Å². The van der Waals surface area contributed by atoms with Gasteiger partial charge in [-0.3, -0.25) is 0 Å². The van der Waals surface area contributed by atoms with E-state index >= 15 is 0 Å². The van der Waals surface area contributed by atoms with Crippen molar-refractivity contribution >= 4 is 34.8 Å². The molecule has 0 aliphatic carbocycles. The molecule has 0 saturated heterocycles. The number of aryl methyl sites for hydroxylation is 1. The Balaban J connectivity index is 1.60. The van der Waals surface area contributed by atoms with Gasteiger partial charge in [0.15, 0.2) is 5.11 Å². The molecular formula is C17H20N2S2. The van der Waals surface area contributed by atoms with Crippen LogP contribution in [-0.2, 0) is 0 Å². The number of hydrogen-bond acceptors (Lipinski definition) is 2. The lowest BCUT2D eigenvalue weighted by molar-refractivity contribution is 0.854. The molecule has 0 fully saturated rings. The van der Waals surface area contributed by atoms with E-state index in [9.17, 15) is 0 Å². The molecule has 0 radical (unpaired) electrons. The molecule has 2 aromatic carbocycles. The minimum atomic E-state index is 0.684. The third-order valence-electron chi connectivity index (χ3n) is 2.93. The molecular weight excluding hydrogens is 296 g/mol. The zero-order valence-electron chi connectivity index (χ0n) is 12.1. The minimum Gasteiger partial charge on any atom is -0.362 e. The highest BCUT2D eigenvalue weighted by molar-refractivity contribution is 7.99. The van der Waals surface area contributed by atoms with E-state index in [0.29, 0.717) is 5.11 Å². The summed E-state index contributed by atoms with van der Waals surface area (Å²) in [6, 6.07) is 18.7. The fourth-order valence-electron chi connectivity index (χ4n) is 1.79. The predicted molar refractivity (Wildman–Crippen MR) is 97.2 cm³/mol. The Morgan fingerprint density at radius 2 is 1.76 bits per heavy atom. The van der Waals surface area contributed by atoms with Crippen LogP contribution >= 0.6 is 24.0 Å². The molecule has 0 aliphatic heterocycles. The first-order valence-electron chi connectivity index (χ1n) is 7.03. The van der Waals surface area contributed by atoms with Gasteiger partial charge in [0.25, 0.3) is 0 Å². The number of nitrogens with one attached hydrogen (secondary N) is 2. The molecule has 2 aromatic rings. The Morgan fingerprint density at radius 1 is 1.05 bits per heavy atom. The van der Waals surface area contributed by atoms with Gasteiger partial charge in [-0.05, 0) is 55.6 Å². The number of anilines is 1. The van der Waals surface area contributed by atoms with E-state index < -0.39 is 0 Å². The van der Waals surface area contributed by atoms with E-state index in [1.54, 1.807) is 0 Å². The van der Waals surface area contributed by atoms with Crippen molar-refractivity contribution in [2.24, 2.45) is 0 Å². The number of rotatable bonds is 6. The summed E-state index contributed by atoms with van der Waals surface area (Å²) in [6.07, 6.45) is 1.08. The summed E-state index contributed by atoms with van der Waals surface area (Å²) in [5, 5.41) is 7.11. The Bertz CT molecular complexity index is 553. The van der Waals surface area contributed by atoms with Crippen molar-refractivity contribution in [1.82, 2.24) is 5.32 Å². The van der Waals surface area contributed by atoms with Crippen LogP contribution < -0.4 is 10.6 Å². The van der Waals surface area contributed by atoms with E-state index in [1.807, 2.05) is 30.0 Å². The Morgan fingerprint density at radius 3 is 2.48 bits per heavy atom. The predicted octanol–water partition coefficient (Wildman–Crippen LogP) is 4.46. The SMILES string of the molecule is Cc1ccc(NC(=S)NCCCSc2ccccc2)cc1. The molecule has 0 amide bonds. The van der Waals surface area contributed by atoms with Crippen molar-refractivity contribution in [3.63, 3.8) is 0 Å². The molecule has 2 rings (SSSR count). The Hall–Kier alpha value is -1.52. The maximum absolute atomic E-state index is 5.28. The van der Waals surface area contributed by atoms with Crippen molar-refractivity contribution in [1.29, 1.82) is 0 Å². The molecule has 110 valence electrons. The fraction of sp³-hybridized carbons (Fsp3) is 0.235. The summed E-state index contributed by atoms with van der Waals surface area (Å²) in [5.41, 5.74) is 2.27. The minimum absolute atomic E-state index is 0.684. The van der Waals surface area contributed by atoms with Gasteiger partial charge in [-0.2, -0.15) is 0 Å². The first kappa shape index (κ1) is 15.9. The molecule has 0 aliphatic rings. The van der Waals surface area contributed by atoms with Crippen LogP contribution in [0, 0.1) is 6.92 Å². The van der Waals surface area contributed by atoms with E-state index in [0.717, 1.165) is 24.4 Å². The molecule has 21 heavy (non-hydrogen) atoms. The zero-order valence-corrected chi connectivity index (χ0v) is 13.8. The van der Waals surface area contributed by atoms with Crippen LogP contribution in [0.1, 0.15) is 12.0 Å². The lowest BCUT2D eigenvalue weighted by Crippen LogP contribution is -2.29. The topological polar surface area (TPSA) is 24.1 Å². The molecule has 4 heteroatoms. The quantitative estimate of drug-likeness (QED) is 0.467. The maximum atomic E-state index is 5.28. The van der Waals surface area contributed by atoms with E-state index in [1.165, 1.54) is 10.5 Å². The zero-order chi connectivity index (χ0) is 14.9. The average Bonchev–Trinajstić information content (AvgIpc) is 2.50. The normalized spacial score (nSPS) is 10.1. The third-order valence-corrected chi connectivity index (χ3v) is 4.27. The lowest BCUT2D eigenvalue weighted by atomic mass is 10.2. The van der Waals surface area contributed by atoms with Crippen molar-refractivity contribution in [3.8, 4) is 0 Å². The van der Waals surface area contributed by atoms with E-state index in [-0.39, 0.29) is 0 Å². The summed E-state index contributed by atoms with van der Waals surface area (Å²) >= 11 is 7.16. The van der Waals surface area contributed by atoms with E-state index in [4.69, 9.17) is 12.2 Å². The van der Waals surface area contributed by atoms with Crippen LogP contribution in [0.3, 0.4) is 0 Å². The molecule has 2 nitrogen and oxygen atoms in total. The van der Waals surface area contributed by atoms with Crippen molar-refractivity contribution in [2.75, 3.05) is 17.6 Å². The first-order valence-corrected chi connectivity index (χ1v) is 8.43. The highest BCUT2D eigenvalue weighted by Crippen LogP contribution is 2.17. The number of benzene rings is 2. The van der Waals surface area contributed by atoms with Crippen LogP contribution in [0.4, 0.5) is 5.69 Å². The summed E-state index contributed by atoms with van der Waals surface area (Å²) in [4.78, 5) is 1.32. The smallest absolute Gasteiger partial charge is 0.170 e. The number of hydrogen-bond donors (Lipinski definition) is 2. The molecule has 0 unspecified atom stereocenters. The second kappa shape index (κ2) is 8.70. The lowest BCUT2D eigenvalue weighted by Gasteiger charge is -2.10. The van der Waals surface area contributed by atoms with Gasteiger partial charge in [-0.15, -0.1) is 11.8 Å². The van der Waals surface area contributed by atoms with Crippen molar-refractivity contribution in [3.05, 3.63) is 60.2 Å². The molecule has 0 saturated carbocycles. The van der Waals surface area contributed by atoms with Crippen LogP contribution in [-0.4, -0.2) is 17.4 Å². The standard InChI is InChI=1S/C17H20N2S2/c1-14-8-10-15(11-9-14)19-17(20)18-12-5-13-21-16-6-3-2-4-7-16/h2-4,6-11H,5,12-13H2,1H3,(H2,18,19,20). The average molecular weight is 316 g/mol. The fourth-order valence-corrected chi connectivity index (χ4v) is 2.89. The first-order chi connectivity index (χ1) is 10.2. The summed E-state index contributed by atoms with van der Waals surface area (Å²) in [5.74, 6) is 1.09. The Labute approximate surface area is 136 Å². The van der Waals surface area contributed by atoms with Crippen LogP contribution in [0.2, 0.25) is 0 Å². The summed E-state index contributed by atoms with van der Waals surface area (Å²) < 4.78 is 0. The van der Waals surface area contributed by atoms with E-state index in [2.05, 4.69) is 54.0 Å². The third kappa shape index (κ3) is 6.19. The Kier molecular flexibility index (Phi) is 6.57. The maximum Gasteiger partial charge on any atom is 0.170 e. The highest BCUT2D eigenvalue weighted by atomic mass is 32.2. The molecule has 0 atom stereocenters. The van der Waals surface area contributed by atoms with Crippen LogP contribution in [0.15, 0.2) is 59.5 Å². The van der Waals surface area contributed by atoms with Gasteiger partial charge in [0.05, 0.1) is 0 Å². The molecule has 0 bridgehead atoms. The van der Waals surface area contributed by atoms with Crippen molar-refractivity contribution in [2.45, 2.75) is 18.2 Å².